The molecule has 1 N–H and O–H groups in total. The molecule has 2 heterocycles. The Morgan fingerprint density at radius 1 is 1.27 bits per heavy atom. The molecule has 7 nitrogen and oxygen atoms in total. The number of carboxylic acids is 1. The van der Waals surface area contributed by atoms with E-state index >= 15 is 0 Å². The van der Waals surface area contributed by atoms with Gasteiger partial charge in [0.15, 0.2) is 0 Å². The lowest BCUT2D eigenvalue weighted by molar-refractivity contribution is -0.137. The number of aryl methyl sites for hydroxylation is 1. The standard InChI is InChI=1S/C14H22N4O3S/c1-2-11-15-16-14(22-11)18(9-6-13(20)21)10-12(19)17-7-4-3-5-8-17/h2-10H2,1H3,(H,20,21). The number of aliphatic carboxylic acids is 1. The van der Waals surface area contributed by atoms with E-state index in [0.29, 0.717) is 5.13 Å². The lowest BCUT2D eigenvalue weighted by Crippen LogP contribution is -2.43. The van der Waals surface area contributed by atoms with Crippen molar-refractivity contribution in [3.8, 4) is 0 Å². The van der Waals surface area contributed by atoms with E-state index in [9.17, 15) is 9.59 Å². The summed E-state index contributed by atoms with van der Waals surface area (Å²) in [5, 5.41) is 18.6. The molecular formula is C14H22N4O3S. The lowest BCUT2D eigenvalue weighted by Gasteiger charge is -2.29. The number of piperidine rings is 1. The van der Waals surface area contributed by atoms with Crippen molar-refractivity contribution in [2.45, 2.75) is 39.0 Å². The molecule has 0 bridgehead atoms. The van der Waals surface area contributed by atoms with Crippen LogP contribution in [0.1, 0.15) is 37.6 Å². The van der Waals surface area contributed by atoms with Gasteiger partial charge in [0.05, 0.1) is 13.0 Å². The number of anilines is 1. The van der Waals surface area contributed by atoms with Crippen molar-refractivity contribution in [1.29, 1.82) is 0 Å². The molecule has 122 valence electrons. The van der Waals surface area contributed by atoms with Gasteiger partial charge >= 0.3 is 5.97 Å². The van der Waals surface area contributed by atoms with Crippen molar-refractivity contribution in [3.63, 3.8) is 0 Å². The number of amides is 1. The van der Waals surface area contributed by atoms with E-state index in [2.05, 4.69) is 10.2 Å². The van der Waals surface area contributed by atoms with Gasteiger partial charge in [-0.15, -0.1) is 10.2 Å². The quantitative estimate of drug-likeness (QED) is 0.815. The first kappa shape index (κ1) is 16.7. The number of likely N-dealkylation sites (tertiary alicyclic amines) is 1. The van der Waals surface area contributed by atoms with Crippen molar-refractivity contribution in [3.05, 3.63) is 5.01 Å². The first-order valence-electron chi connectivity index (χ1n) is 7.67. The fourth-order valence-electron chi connectivity index (χ4n) is 2.39. The first-order valence-corrected chi connectivity index (χ1v) is 8.48. The van der Waals surface area contributed by atoms with Gasteiger partial charge in [-0.25, -0.2) is 0 Å². The molecule has 1 amide bonds. The van der Waals surface area contributed by atoms with Crippen molar-refractivity contribution < 1.29 is 14.7 Å². The predicted octanol–water partition coefficient (Wildman–Crippen LogP) is 1.39. The van der Waals surface area contributed by atoms with Gasteiger partial charge in [0.25, 0.3) is 0 Å². The molecule has 22 heavy (non-hydrogen) atoms. The molecule has 2 rings (SSSR count). The van der Waals surface area contributed by atoms with Gasteiger partial charge in [0.2, 0.25) is 11.0 Å². The van der Waals surface area contributed by atoms with Gasteiger partial charge in [0, 0.05) is 19.6 Å². The number of rotatable bonds is 7. The van der Waals surface area contributed by atoms with E-state index in [1.165, 1.54) is 17.8 Å². The molecule has 0 radical (unpaired) electrons. The van der Waals surface area contributed by atoms with E-state index in [0.717, 1.165) is 37.4 Å². The Bertz CT molecular complexity index is 514. The van der Waals surface area contributed by atoms with Crippen molar-refractivity contribution in [2.24, 2.45) is 0 Å². The largest absolute Gasteiger partial charge is 0.481 e. The molecule has 1 aromatic heterocycles. The summed E-state index contributed by atoms with van der Waals surface area (Å²) in [6.07, 6.45) is 4.01. The Morgan fingerprint density at radius 3 is 2.59 bits per heavy atom. The van der Waals surface area contributed by atoms with Crippen LogP contribution in [0.5, 0.6) is 0 Å². The summed E-state index contributed by atoms with van der Waals surface area (Å²) >= 11 is 1.42. The highest BCUT2D eigenvalue weighted by molar-refractivity contribution is 7.15. The van der Waals surface area contributed by atoms with Crippen LogP contribution in [0.15, 0.2) is 0 Å². The fraction of sp³-hybridized carbons (Fsp3) is 0.714. The normalized spacial score (nSPS) is 14.9. The third kappa shape index (κ3) is 4.66. The van der Waals surface area contributed by atoms with Crippen molar-refractivity contribution in [2.75, 3.05) is 31.1 Å². The topological polar surface area (TPSA) is 86.6 Å². The van der Waals surface area contributed by atoms with Crippen LogP contribution in [0, 0.1) is 0 Å². The smallest absolute Gasteiger partial charge is 0.305 e. The van der Waals surface area contributed by atoms with Crippen LogP contribution >= 0.6 is 11.3 Å². The van der Waals surface area contributed by atoms with E-state index < -0.39 is 5.97 Å². The molecule has 0 spiro atoms. The summed E-state index contributed by atoms with van der Waals surface area (Å²) in [7, 11) is 0. The highest BCUT2D eigenvalue weighted by Crippen LogP contribution is 2.21. The highest BCUT2D eigenvalue weighted by atomic mass is 32.1. The molecule has 8 heteroatoms. The Kier molecular flexibility index (Phi) is 6.11. The Balaban J connectivity index is 2.02. The highest BCUT2D eigenvalue weighted by Gasteiger charge is 2.22. The van der Waals surface area contributed by atoms with E-state index in [4.69, 9.17) is 5.11 Å². The maximum Gasteiger partial charge on any atom is 0.305 e. The molecule has 0 aliphatic carbocycles. The van der Waals surface area contributed by atoms with E-state index in [-0.39, 0.29) is 25.4 Å². The summed E-state index contributed by atoms with van der Waals surface area (Å²) in [5.74, 6) is -0.839. The second-order valence-corrected chi connectivity index (χ2v) is 6.38. The van der Waals surface area contributed by atoms with Crippen LogP contribution in [0.2, 0.25) is 0 Å². The van der Waals surface area contributed by atoms with Crippen LogP contribution in [0.4, 0.5) is 5.13 Å². The van der Waals surface area contributed by atoms with Gasteiger partial charge in [-0.05, 0) is 25.7 Å². The number of carbonyl (C=O) groups excluding carboxylic acids is 1. The molecule has 1 saturated heterocycles. The summed E-state index contributed by atoms with van der Waals surface area (Å²) in [6.45, 7) is 4.02. The molecule has 0 atom stereocenters. The molecule has 0 aromatic carbocycles. The van der Waals surface area contributed by atoms with Crippen molar-refractivity contribution in [1.82, 2.24) is 15.1 Å². The van der Waals surface area contributed by atoms with Gasteiger partial charge in [0.1, 0.15) is 5.01 Å². The van der Waals surface area contributed by atoms with Crippen LogP contribution in [-0.2, 0) is 16.0 Å². The van der Waals surface area contributed by atoms with Crippen molar-refractivity contribution >= 4 is 28.3 Å². The minimum absolute atomic E-state index is 0.0195. The molecular weight excluding hydrogens is 304 g/mol. The minimum Gasteiger partial charge on any atom is -0.481 e. The maximum atomic E-state index is 12.4. The lowest BCUT2D eigenvalue weighted by atomic mass is 10.1. The third-order valence-electron chi connectivity index (χ3n) is 3.66. The van der Waals surface area contributed by atoms with Crippen LogP contribution in [-0.4, -0.2) is 58.3 Å². The van der Waals surface area contributed by atoms with Crippen LogP contribution in [0.25, 0.3) is 0 Å². The summed E-state index contributed by atoms with van der Waals surface area (Å²) in [4.78, 5) is 26.8. The number of carbonyl (C=O) groups is 2. The summed E-state index contributed by atoms with van der Waals surface area (Å²) in [5.41, 5.74) is 0. The van der Waals surface area contributed by atoms with Gasteiger partial charge in [-0.2, -0.15) is 0 Å². The predicted molar refractivity (Wildman–Crippen MR) is 84.2 cm³/mol. The second-order valence-electron chi connectivity index (χ2n) is 5.34. The fourth-order valence-corrected chi connectivity index (χ4v) is 3.20. The third-order valence-corrected chi connectivity index (χ3v) is 4.79. The average Bonchev–Trinajstić information content (AvgIpc) is 3.00. The molecule has 0 saturated carbocycles. The Labute approximate surface area is 133 Å². The molecule has 1 aliphatic heterocycles. The summed E-state index contributed by atoms with van der Waals surface area (Å²) < 4.78 is 0. The number of nitrogens with zero attached hydrogens (tertiary/aromatic N) is 4. The second kappa shape index (κ2) is 8.07. The minimum atomic E-state index is -0.879. The van der Waals surface area contributed by atoms with Crippen LogP contribution in [0.3, 0.4) is 0 Å². The molecule has 1 aromatic rings. The van der Waals surface area contributed by atoms with E-state index in [1.54, 1.807) is 4.90 Å². The average molecular weight is 326 g/mol. The molecule has 1 fully saturated rings. The monoisotopic (exact) mass is 326 g/mol. The number of hydrogen-bond acceptors (Lipinski definition) is 6. The zero-order valence-corrected chi connectivity index (χ0v) is 13.6. The van der Waals surface area contributed by atoms with Gasteiger partial charge in [-0.3, -0.25) is 9.59 Å². The number of carboxylic acid groups (broad SMARTS) is 1. The zero-order valence-electron chi connectivity index (χ0n) is 12.8. The maximum absolute atomic E-state index is 12.4. The van der Waals surface area contributed by atoms with Gasteiger partial charge < -0.3 is 14.9 Å². The van der Waals surface area contributed by atoms with E-state index in [1.807, 2.05) is 11.8 Å². The number of hydrogen-bond donors (Lipinski definition) is 1. The number of aromatic nitrogens is 2. The first-order chi connectivity index (χ1) is 10.6. The van der Waals surface area contributed by atoms with Crippen LogP contribution < -0.4 is 4.90 Å². The van der Waals surface area contributed by atoms with Gasteiger partial charge in [-0.1, -0.05) is 18.3 Å². The Hall–Kier alpha value is -1.70. The summed E-state index contributed by atoms with van der Waals surface area (Å²) in [6, 6.07) is 0. The zero-order chi connectivity index (χ0) is 15.9. The Morgan fingerprint density at radius 2 is 2.00 bits per heavy atom. The molecule has 1 aliphatic rings. The molecule has 0 unspecified atom stereocenters. The SMILES string of the molecule is CCc1nnc(N(CCC(=O)O)CC(=O)N2CCCCC2)s1.